The van der Waals surface area contributed by atoms with Gasteiger partial charge in [0.1, 0.15) is 0 Å². The van der Waals surface area contributed by atoms with Crippen LogP contribution in [0.15, 0.2) is 0 Å². The second kappa shape index (κ2) is 6.40. The normalized spacial score (nSPS) is 11.1. The first kappa shape index (κ1) is 13.9. The topological polar surface area (TPSA) is 98.2 Å². The van der Waals surface area contributed by atoms with Crippen LogP contribution < -0.4 is 16.8 Å². The van der Waals surface area contributed by atoms with Crippen LogP contribution in [0.2, 0.25) is 0 Å². The van der Waals surface area contributed by atoms with Gasteiger partial charge in [0, 0.05) is 13.0 Å². The number of rotatable bonds is 7. The Balaban J connectivity index is 3.87. The maximum absolute atomic E-state index is 11.6. The van der Waals surface area contributed by atoms with Crippen molar-refractivity contribution in [2.75, 3.05) is 6.54 Å². The molecule has 88 valence electrons. The molecule has 15 heavy (non-hydrogen) atoms. The van der Waals surface area contributed by atoms with Gasteiger partial charge in [0.15, 0.2) is 0 Å². The fourth-order valence-corrected chi connectivity index (χ4v) is 1.21. The maximum Gasteiger partial charge on any atom is 0.240 e. The van der Waals surface area contributed by atoms with Gasteiger partial charge in [0.2, 0.25) is 11.8 Å². The van der Waals surface area contributed by atoms with Crippen molar-refractivity contribution in [3.63, 3.8) is 0 Å². The molecule has 0 aromatic rings. The Hall–Kier alpha value is -1.10. The number of primary amides is 1. The molecule has 0 rings (SSSR count). The van der Waals surface area contributed by atoms with E-state index in [1.165, 1.54) is 0 Å². The Morgan fingerprint density at radius 1 is 1.27 bits per heavy atom. The van der Waals surface area contributed by atoms with Crippen molar-refractivity contribution in [2.45, 2.75) is 45.1 Å². The molecule has 0 saturated carbocycles. The second-order valence-electron chi connectivity index (χ2n) is 3.69. The largest absolute Gasteiger partial charge is 0.370 e. The molecule has 0 aromatic carbocycles. The maximum atomic E-state index is 11.6. The summed E-state index contributed by atoms with van der Waals surface area (Å²) in [5.74, 6) is -0.508. The number of hydrogen-bond donors (Lipinski definition) is 3. The van der Waals surface area contributed by atoms with E-state index in [4.69, 9.17) is 11.5 Å². The van der Waals surface area contributed by atoms with E-state index in [9.17, 15) is 9.59 Å². The average Bonchev–Trinajstić information content (AvgIpc) is 2.22. The summed E-state index contributed by atoms with van der Waals surface area (Å²) in [5.41, 5.74) is 10.1. The quantitative estimate of drug-likeness (QED) is 0.516. The van der Waals surface area contributed by atoms with Gasteiger partial charge in [-0.15, -0.1) is 0 Å². The van der Waals surface area contributed by atoms with Gasteiger partial charge in [-0.1, -0.05) is 13.8 Å². The molecule has 0 aliphatic carbocycles. The summed E-state index contributed by atoms with van der Waals surface area (Å²) in [6.45, 7) is 4.21. The molecule has 0 spiro atoms. The van der Waals surface area contributed by atoms with E-state index in [2.05, 4.69) is 5.32 Å². The number of amides is 2. The molecule has 0 radical (unpaired) electrons. The molecule has 0 fully saturated rings. The predicted molar refractivity (Wildman–Crippen MR) is 58.9 cm³/mol. The third kappa shape index (κ3) is 4.78. The summed E-state index contributed by atoms with van der Waals surface area (Å²) in [5, 5.41) is 2.71. The Kier molecular flexibility index (Phi) is 5.93. The molecule has 0 aromatic heterocycles. The summed E-state index contributed by atoms with van der Waals surface area (Å²) >= 11 is 0. The van der Waals surface area contributed by atoms with Crippen LogP contribution >= 0.6 is 0 Å². The highest BCUT2D eigenvalue weighted by molar-refractivity contribution is 5.85. The van der Waals surface area contributed by atoms with Gasteiger partial charge in [-0.3, -0.25) is 9.59 Å². The molecule has 5 heteroatoms. The van der Waals surface area contributed by atoms with E-state index in [1.807, 2.05) is 13.8 Å². The van der Waals surface area contributed by atoms with Crippen LogP contribution in [-0.4, -0.2) is 23.9 Å². The molecule has 0 unspecified atom stereocenters. The van der Waals surface area contributed by atoms with Crippen molar-refractivity contribution in [1.82, 2.24) is 5.32 Å². The Morgan fingerprint density at radius 3 is 2.20 bits per heavy atom. The first-order valence-corrected chi connectivity index (χ1v) is 5.31. The lowest BCUT2D eigenvalue weighted by Gasteiger charge is -2.25. The van der Waals surface area contributed by atoms with Gasteiger partial charge < -0.3 is 16.8 Å². The Labute approximate surface area is 90.6 Å². The van der Waals surface area contributed by atoms with E-state index >= 15 is 0 Å². The minimum Gasteiger partial charge on any atom is -0.370 e. The lowest BCUT2D eigenvalue weighted by Crippen LogP contribution is -2.53. The van der Waals surface area contributed by atoms with Crippen LogP contribution in [0.4, 0.5) is 0 Å². The molecule has 0 saturated heterocycles. The summed E-state index contributed by atoms with van der Waals surface area (Å²) in [7, 11) is 0. The molecule has 0 atom stereocenters. The second-order valence-corrected chi connectivity index (χ2v) is 3.69. The number of carbonyl (C=O) groups is 2. The van der Waals surface area contributed by atoms with E-state index in [-0.39, 0.29) is 18.2 Å². The van der Waals surface area contributed by atoms with E-state index in [1.54, 1.807) is 0 Å². The predicted octanol–water partition coefficient (Wildman–Crippen LogP) is -0.114. The van der Waals surface area contributed by atoms with E-state index in [0.717, 1.165) is 0 Å². The van der Waals surface area contributed by atoms with Gasteiger partial charge in [-0.05, 0) is 19.3 Å². The van der Waals surface area contributed by atoms with Gasteiger partial charge >= 0.3 is 0 Å². The molecule has 0 heterocycles. The van der Waals surface area contributed by atoms with Gasteiger partial charge in [0.25, 0.3) is 0 Å². The zero-order valence-corrected chi connectivity index (χ0v) is 9.51. The lowest BCUT2D eigenvalue weighted by molar-refractivity contribution is -0.127. The third-order valence-electron chi connectivity index (χ3n) is 2.60. The molecule has 0 aliphatic rings. The monoisotopic (exact) mass is 215 g/mol. The van der Waals surface area contributed by atoms with Crippen LogP contribution in [0.25, 0.3) is 0 Å². The molecule has 0 bridgehead atoms. The lowest BCUT2D eigenvalue weighted by atomic mass is 9.93. The van der Waals surface area contributed by atoms with Crippen LogP contribution in [0.1, 0.15) is 39.5 Å². The number of carbonyl (C=O) groups excluding carboxylic acids is 2. The standard InChI is InChI=1S/C10H21N3O2/c1-3-10(12,4-2)9(15)13-7-5-6-8(11)14/h3-7,12H2,1-2H3,(H2,11,14)(H,13,15). The highest BCUT2D eigenvalue weighted by Gasteiger charge is 2.29. The minimum absolute atomic E-state index is 0.156. The Bertz CT molecular complexity index is 225. The number of hydrogen-bond acceptors (Lipinski definition) is 3. The van der Waals surface area contributed by atoms with Crippen molar-refractivity contribution in [3.8, 4) is 0 Å². The fraction of sp³-hybridized carbons (Fsp3) is 0.800. The highest BCUT2D eigenvalue weighted by atomic mass is 16.2. The zero-order valence-electron chi connectivity index (χ0n) is 9.51. The summed E-state index contributed by atoms with van der Waals surface area (Å²) in [4.78, 5) is 22.1. The first-order valence-electron chi connectivity index (χ1n) is 5.31. The molecule has 0 aliphatic heterocycles. The SMILES string of the molecule is CCC(N)(CC)C(=O)NCCCC(N)=O. The smallest absolute Gasteiger partial charge is 0.240 e. The summed E-state index contributed by atoms with van der Waals surface area (Å²) < 4.78 is 0. The van der Waals surface area contributed by atoms with Gasteiger partial charge in [-0.2, -0.15) is 0 Å². The molecule has 5 N–H and O–H groups in total. The first-order chi connectivity index (χ1) is 6.96. The number of nitrogens with one attached hydrogen (secondary N) is 1. The minimum atomic E-state index is -0.785. The highest BCUT2D eigenvalue weighted by Crippen LogP contribution is 2.10. The van der Waals surface area contributed by atoms with Crippen molar-refractivity contribution >= 4 is 11.8 Å². The van der Waals surface area contributed by atoms with Crippen molar-refractivity contribution in [3.05, 3.63) is 0 Å². The van der Waals surface area contributed by atoms with Crippen molar-refractivity contribution in [2.24, 2.45) is 11.5 Å². The van der Waals surface area contributed by atoms with Crippen molar-refractivity contribution in [1.29, 1.82) is 0 Å². The van der Waals surface area contributed by atoms with Crippen LogP contribution in [0.3, 0.4) is 0 Å². The Morgan fingerprint density at radius 2 is 1.80 bits per heavy atom. The fourth-order valence-electron chi connectivity index (χ4n) is 1.21. The van der Waals surface area contributed by atoms with E-state index < -0.39 is 5.54 Å². The van der Waals surface area contributed by atoms with Crippen molar-refractivity contribution < 1.29 is 9.59 Å². The van der Waals surface area contributed by atoms with Crippen LogP contribution in [0.5, 0.6) is 0 Å². The average molecular weight is 215 g/mol. The molecular weight excluding hydrogens is 194 g/mol. The molecular formula is C10H21N3O2. The third-order valence-corrected chi connectivity index (χ3v) is 2.60. The summed E-state index contributed by atoms with van der Waals surface area (Å²) in [6.07, 6.45) is 2.05. The zero-order chi connectivity index (χ0) is 11.9. The molecule has 5 nitrogen and oxygen atoms in total. The van der Waals surface area contributed by atoms with Gasteiger partial charge in [0.05, 0.1) is 5.54 Å². The summed E-state index contributed by atoms with van der Waals surface area (Å²) in [6, 6.07) is 0. The number of nitrogens with two attached hydrogens (primary N) is 2. The van der Waals surface area contributed by atoms with Gasteiger partial charge in [-0.25, -0.2) is 0 Å². The molecule has 2 amide bonds. The van der Waals surface area contributed by atoms with E-state index in [0.29, 0.717) is 25.8 Å². The van der Waals surface area contributed by atoms with Crippen LogP contribution in [0, 0.1) is 0 Å². The van der Waals surface area contributed by atoms with Crippen LogP contribution in [-0.2, 0) is 9.59 Å².